The topological polar surface area (TPSA) is 24.3 Å². The number of aromatic nitrogens is 2. The molecule has 0 fully saturated rings. The van der Waals surface area contributed by atoms with Crippen LogP contribution < -0.4 is 9.80 Å². The van der Waals surface area contributed by atoms with Crippen LogP contribution in [0.5, 0.6) is 0 Å². The van der Waals surface area contributed by atoms with Crippen molar-refractivity contribution < 1.29 is 21.1 Å². The summed E-state index contributed by atoms with van der Waals surface area (Å²) in [6.07, 6.45) is 1.95. The molecule has 3 heterocycles. The summed E-state index contributed by atoms with van der Waals surface area (Å²) in [5, 5.41) is 2.32. The average molecular weight is 956 g/mol. The van der Waals surface area contributed by atoms with Crippen molar-refractivity contribution in [2.45, 2.75) is 45.6 Å². The number of rotatable bonds is 5. The monoisotopic (exact) mass is 955 g/mol. The fraction of sp³-hybridized carbons (Fsp3) is 0.145. The number of hydrogen-bond donors (Lipinski definition) is 0. The second-order valence-corrected chi connectivity index (χ2v) is 17.1. The predicted octanol–water partition coefficient (Wildman–Crippen LogP) is 13.1. The summed E-state index contributed by atoms with van der Waals surface area (Å²) in [4.78, 5) is 9.98. The summed E-state index contributed by atoms with van der Waals surface area (Å²) in [6, 6.07) is 65.7. The maximum Gasteiger partial charge on any atom is 2.00 e. The van der Waals surface area contributed by atoms with Crippen LogP contribution >= 0.6 is 0 Å². The summed E-state index contributed by atoms with van der Waals surface area (Å²) < 4.78 is 2.31. The van der Waals surface area contributed by atoms with Gasteiger partial charge in [-0.05, 0) is 115 Å². The zero-order valence-corrected chi connectivity index (χ0v) is 36.7. The molecule has 0 saturated heterocycles. The first-order chi connectivity index (χ1) is 28.7. The Morgan fingerprint density at radius 1 is 0.600 bits per heavy atom. The zero-order valence-electron chi connectivity index (χ0n) is 34.4. The quantitative estimate of drug-likeness (QED) is 0.161. The average Bonchev–Trinajstić information content (AvgIpc) is 3.91. The first kappa shape index (κ1) is 38.0. The van der Waals surface area contributed by atoms with Gasteiger partial charge in [-0.15, -0.1) is 22.6 Å². The normalized spacial score (nSPS) is 13.9. The third kappa shape index (κ3) is 5.57. The Kier molecular flexibility index (Phi) is 9.00. The first-order valence-electron chi connectivity index (χ1n) is 20.6. The van der Waals surface area contributed by atoms with Gasteiger partial charge in [0, 0.05) is 22.7 Å². The van der Waals surface area contributed by atoms with Gasteiger partial charge in [0.15, 0.2) is 0 Å². The molecule has 0 N–H and O–H groups in total. The number of hydrogen-bond acceptors (Lipinski definition) is 3. The minimum absolute atomic E-state index is 0. The molecule has 0 spiro atoms. The van der Waals surface area contributed by atoms with Gasteiger partial charge in [-0.3, -0.25) is 0 Å². The second kappa shape index (κ2) is 14.2. The van der Waals surface area contributed by atoms with Crippen molar-refractivity contribution in [2.75, 3.05) is 16.5 Å². The summed E-state index contributed by atoms with van der Waals surface area (Å²) in [5.41, 5.74) is 16.9. The number of fused-ring (bicyclic) bond motifs is 7. The summed E-state index contributed by atoms with van der Waals surface area (Å²) in [7, 11) is 0. The molecule has 1 aliphatic heterocycles. The van der Waals surface area contributed by atoms with Crippen LogP contribution in [0.25, 0.3) is 49.9 Å². The predicted molar refractivity (Wildman–Crippen MR) is 244 cm³/mol. The number of nitrogens with zero attached hydrogens (tertiary/aromatic N) is 4. The van der Waals surface area contributed by atoms with Gasteiger partial charge in [0.05, 0.1) is 18.0 Å². The molecule has 0 radical (unpaired) electrons. The summed E-state index contributed by atoms with van der Waals surface area (Å²) in [6.45, 7) is 12.0. The molecule has 11 rings (SSSR count). The Hall–Kier alpha value is -6.22. The van der Waals surface area contributed by atoms with Crippen molar-refractivity contribution in [3.05, 3.63) is 209 Å². The number of benzene rings is 7. The second-order valence-electron chi connectivity index (χ2n) is 17.1. The van der Waals surface area contributed by atoms with E-state index in [0.29, 0.717) is 0 Å². The molecule has 294 valence electrons. The maximum absolute atomic E-state index is 5.07. The van der Waals surface area contributed by atoms with Crippen LogP contribution in [-0.2, 0) is 26.5 Å². The van der Waals surface area contributed by atoms with Gasteiger partial charge in [0.2, 0.25) is 0 Å². The van der Waals surface area contributed by atoms with Crippen LogP contribution in [0.15, 0.2) is 164 Å². The van der Waals surface area contributed by atoms with E-state index >= 15 is 0 Å². The number of anilines is 3. The smallest absolute Gasteiger partial charge is 0.347 e. The molecule has 2 aliphatic rings. The van der Waals surface area contributed by atoms with E-state index in [-0.39, 0.29) is 26.6 Å². The molecule has 9 aromatic rings. The van der Waals surface area contributed by atoms with Crippen LogP contribution in [0.1, 0.15) is 54.2 Å². The van der Waals surface area contributed by atoms with Crippen LogP contribution in [-0.4, -0.2) is 21.8 Å². The minimum atomic E-state index is -0.699. The zero-order chi connectivity index (χ0) is 40.0. The number of aryl methyl sites for hydroxylation is 2. The Morgan fingerprint density at radius 3 is 1.97 bits per heavy atom. The third-order valence-electron chi connectivity index (χ3n) is 12.7. The number of para-hydroxylation sites is 3. The van der Waals surface area contributed by atoms with Gasteiger partial charge in [-0.2, -0.15) is 36.4 Å². The van der Waals surface area contributed by atoms with Gasteiger partial charge in [0.25, 0.3) is 0 Å². The fourth-order valence-electron chi connectivity index (χ4n) is 10.1. The Labute approximate surface area is 367 Å². The van der Waals surface area contributed by atoms with Gasteiger partial charge >= 0.3 is 21.1 Å². The van der Waals surface area contributed by atoms with Gasteiger partial charge in [0.1, 0.15) is 5.82 Å². The standard InChI is InChI=1S/C55H44N4.Pt/c1-36-16-14-17-37(2)53(36)38-30-31-56-52(32-38)59-48-25-11-8-22-44(48)45-29-28-40(34-51(45)59)55(46-23-9-6-20-42(46)43-21-7-10-24-47(43)55)39-18-15-19-41(33-39)57-35-58(54(3,4)5)50-27-13-12-26-49(50)57;/h6-32H,35H2,1-5H3;/q-2;+2. The van der Waals surface area contributed by atoms with Crippen LogP contribution in [0, 0.1) is 26.0 Å². The molecule has 60 heavy (non-hydrogen) atoms. The Balaban J connectivity index is 0.00000433. The van der Waals surface area contributed by atoms with E-state index in [2.05, 4.69) is 219 Å². The molecule has 0 unspecified atom stereocenters. The minimum Gasteiger partial charge on any atom is -0.347 e. The Morgan fingerprint density at radius 2 is 1.23 bits per heavy atom. The van der Waals surface area contributed by atoms with Crippen LogP contribution in [0.2, 0.25) is 0 Å². The first-order valence-corrected chi connectivity index (χ1v) is 20.6. The van der Waals surface area contributed by atoms with E-state index in [4.69, 9.17) is 4.98 Å². The maximum atomic E-state index is 5.07. The van der Waals surface area contributed by atoms with E-state index in [9.17, 15) is 0 Å². The summed E-state index contributed by atoms with van der Waals surface area (Å²) >= 11 is 0. The molecule has 0 amide bonds. The van der Waals surface area contributed by atoms with Crippen molar-refractivity contribution in [3.8, 4) is 28.1 Å². The van der Waals surface area contributed by atoms with E-state index in [1.54, 1.807) is 0 Å². The SMILES string of the molecule is Cc1cccc(C)c1-c1ccnc(-n2c3[c-]c(C4(c5[c-]c(N6CN(C(C)(C)C)c7ccccc76)ccc5)c5ccccc5-c5ccccc54)ccc3c3ccccc32)c1.[Pt+2]. The molecule has 0 bridgehead atoms. The molecule has 4 nitrogen and oxygen atoms in total. The van der Waals surface area contributed by atoms with Gasteiger partial charge in [-0.1, -0.05) is 108 Å². The molecule has 2 aromatic heterocycles. The molecular formula is C55H44N4Pt. The van der Waals surface area contributed by atoms with Crippen molar-refractivity contribution in [2.24, 2.45) is 0 Å². The van der Waals surface area contributed by atoms with Crippen molar-refractivity contribution in [1.82, 2.24) is 9.55 Å². The molecule has 5 heteroatoms. The van der Waals surface area contributed by atoms with Crippen LogP contribution in [0.3, 0.4) is 0 Å². The van der Waals surface area contributed by atoms with E-state index in [1.165, 1.54) is 55.7 Å². The third-order valence-corrected chi connectivity index (χ3v) is 12.7. The largest absolute Gasteiger partial charge is 2.00 e. The van der Waals surface area contributed by atoms with E-state index in [1.807, 2.05) is 6.20 Å². The van der Waals surface area contributed by atoms with E-state index in [0.717, 1.165) is 51.3 Å². The fourth-order valence-corrected chi connectivity index (χ4v) is 10.1. The molecule has 0 atom stereocenters. The van der Waals surface area contributed by atoms with Crippen molar-refractivity contribution >= 4 is 38.9 Å². The molecule has 1 aliphatic carbocycles. The van der Waals surface area contributed by atoms with Crippen molar-refractivity contribution in [1.29, 1.82) is 0 Å². The van der Waals surface area contributed by atoms with Gasteiger partial charge in [-0.25, -0.2) is 4.98 Å². The summed E-state index contributed by atoms with van der Waals surface area (Å²) in [5.74, 6) is 0.871. The van der Waals surface area contributed by atoms with Crippen LogP contribution in [0.4, 0.5) is 17.1 Å². The number of pyridine rings is 1. The van der Waals surface area contributed by atoms with Gasteiger partial charge < -0.3 is 14.4 Å². The molecule has 0 saturated carbocycles. The Bertz CT molecular complexity index is 3070. The van der Waals surface area contributed by atoms with Crippen molar-refractivity contribution in [3.63, 3.8) is 0 Å². The van der Waals surface area contributed by atoms with E-state index < -0.39 is 5.41 Å². The molecule has 7 aromatic carbocycles. The molecular weight excluding hydrogens is 912 g/mol.